The summed E-state index contributed by atoms with van der Waals surface area (Å²) in [4.78, 5) is 49.0. The summed E-state index contributed by atoms with van der Waals surface area (Å²) in [5.74, 6) is -5.45. The van der Waals surface area contributed by atoms with Gasteiger partial charge in [0.15, 0.2) is 23.0 Å². The second-order valence-electron chi connectivity index (χ2n) is 15.0. The van der Waals surface area contributed by atoms with Crippen molar-refractivity contribution in [2.24, 2.45) is 0 Å². The molecular formula is C50H38F4O14. The number of carbonyl (C=O) groups is 4. The maximum Gasteiger partial charge on any atom is 0.586 e. The first-order valence-electron chi connectivity index (χ1n) is 20.9. The summed E-state index contributed by atoms with van der Waals surface area (Å²) in [6, 6.07) is 26.0. The zero-order valence-electron chi connectivity index (χ0n) is 35.7. The van der Waals surface area contributed by atoms with Gasteiger partial charge in [-0.25, -0.2) is 19.2 Å². The first-order valence-corrected chi connectivity index (χ1v) is 20.9. The molecule has 0 aliphatic carbocycles. The highest BCUT2D eigenvalue weighted by molar-refractivity contribution is 6.00. The largest absolute Gasteiger partial charge is 0.586 e. The van der Waals surface area contributed by atoms with Crippen molar-refractivity contribution in [2.45, 2.75) is 38.3 Å². The first kappa shape index (κ1) is 46.3. The molecule has 0 aromatic heterocycles. The highest BCUT2D eigenvalue weighted by atomic mass is 19.3. The van der Waals surface area contributed by atoms with Crippen LogP contribution in [0.5, 0.6) is 46.0 Å². The molecule has 0 N–H and O–H groups in total. The number of rotatable bonds is 19. The van der Waals surface area contributed by atoms with Gasteiger partial charge in [-0.2, -0.15) is 0 Å². The van der Waals surface area contributed by atoms with E-state index in [4.69, 9.17) is 28.4 Å². The van der Waals surface area contributed by atoms with E-state index >= 15 is 0 Å². The quantitative estimate of drug-likeness (QED) is 0.0248. The Morgan fingerprint density at radius 1 is 0.456 bits per heavy atom. The van der Waals surface area contributed by atoms with Crippen LogP contribution < -0.4 is 37.9 Å². The number of hydrogen-bond acceptors (Lipinski definition) is 14. The van der Waals surface area contributed by atoms with Crippen molar-refractivity contribution >= 4 is 45.4 Å². The smallest absolute Gasteiger partial charge is 0.490 e. The van der Waals surface area contributed by atoms with Crippen LogP contribution in [0.3, 0.4) is 0 Å². The molecule has 0 spiro atoms. The van der Waals surface area contributed by atoms with Crippen LogP contribution in [0, 0.1) is 0 Å². The Labute approximate surface area is 384 Å². The van der Waals surface area contributed by atoms with E-state index in [0.29, 0.717) is 36.5 Å². The lowest BCUT2D eigenvalue weighted by atomic mass is 9.97. The Morgan fingerprint density at radius 3 is 1.19 bits per heavy atom. The van der Waals surface area contributed by atoms with E-state index in [1.807, 2.05) is 36.4 Å². The third-order valence-corrected chi connectivity index (χ3v) is 10.3. The van der Waals surface area contributed by atoms with Crippen LogP contribution >= 0.6 is 0 Å². The van der Waals surface area contributed by atoms with Gasteiger partial charge >= 0.3 is 36.5 Å². The Kier molecular flexibility index (Phi) is 13.4. The van der Waals surface area contributed by atoms with Crippen LogP contribution in [-0.2, 0) is 19.1 Å². The fraction of sp³-hybridized carbons (Fsp3) is 0.200. The summed E-state index contributed by atoms with van der Waals surface area (Å²) < 4.78 is 108. The van der Waals surface area contributed by atoms with E-state index in [9.17, 15) is 36.7 Å². The van der Waals surface area contributed by atoms with Gasteiger partial charge < -0.3 is 47.4 Å². The number of hydrogen-bond donors (Lipinski definition) is 0. The number of esters is 4. The number of ether oxygens (including phenoxy) is 10. The maximum absolute atomic E-state index is 14.2. The maximum atomic E-state index is 14.2. The highest BCUT2D eigenvalue weighted by Crippen LogP contribution is 2.54. The van der Waals surface area contributed by atoms with Gasteiger partial charge in [-0.1, -0.05) is 49.6 Å². The summed E-state index contributed by atoms with van der Waals surface area (Å²) in [6.07, 6.45) is -4.26. The molecule has 2 heterocycles. The lowest BCUT2D eigenvalue weighted by Crippen LogP contribution is -2.26. The monoisotopic (exact) mass is 938 g/mol. The minimum Gasteiger partial charge on any atom is -0.490 e. The van der Waals surface area contributed by atoms with Crippen LogP contribution in [0.2, 0.25) is 0 Å². The molecule has 18 heteroatoms. The van der Waals surface area contributed by atoms with Gasteiger partial charge in [0.05, 0.1) is 37.6 Å². The van der Waals surface area contributed by atoms with E-state index in [-0.39, 0.29) is 60.6 Å². The molecule has 6 aromatic rings. The van der Waals surface area contributed by atoms with E-state index < -0.39 is 59.5 Å². The molecule has 2 aliphatic heterocycles. The van der Waals surface area contributed by atoms with E-state index in [2.05, 4.69) is 32.1 Å². The topological polar surface area (TPSA) is 161 Å². The van der Waals surface area contributed by atoms with Gasteiger partial charge in [-0.3, -0.25) is 0 Å². The number of carbonyl (C=O) groups excluding carboxylic acids is 4. The van der Waals surface area contributed by atoms with Crippen molar-refractivity contribution in [1.82, 2.24) is 0 Å². The number of halogens is 4. The average Bonchev–Trinajstić information content (AvgIpc) is 3.85. The molecular weight excluding hydrogens is 901 g/mol. The Balaban J connectivity index is 0.903. The molecule has 2 aliphatic rings. The molecule has 0 atom stereocenters. The Hall–Kier alpha value is -8.28. The molecule has 0 unspecified atom stereocenters. The van der Waals surface area contributed by atoms with E-state index in [1.54, 1.807) is 24.3 Å². The van der Waals surface area contributed by atoms with Crippen LogP contribution in [0.25, 0.3) is 32.7 Å². The number of benzene rings is 6. The van der Waals surface area contributed by atoms with Gasteiger partial charge in [0, 0.05) is 12.2 Å². The second-order valence-corrected chi connectivity index (χ2v) is 15.0. The molecule has 6 aromatic carbocycles. The van der Waals surface area contributed by atoms with Gasteiger partial charge in [0.1, 0.15) is 0 Å². The van der Waals surface area contributed by atoms with Crippen LogP contribution in [-0.4, -0.2) is 62.9 Å². The minimum atomic E-state index is -4.04. The molecule has 68 heavy (non-hydrogen) atoms. The van der Waals surface area contributed by atoms with Crippen molar-refractivity contribution in [3.05, 3.63) is 133 Å². The lowest BCUT2D eigenvalue weighted by molar-refractivity contribution is -0.288. The van der Waals surface area contributed by atoms with Crippen LogP contribution in [0.15, 0.2) is 122 Å². The molecule has 14 nitrogen and oxygen atoms in total. The van der Waals surface area contributed by atoms with Crippen molar-refractivity contribution in [2.75, 3.05) is 26.4 Å². The van der Waals surface area contributed by atoms with E-state index in [0.717, 1.165) is 34.1 Å². The fourth-order valence-electron chi connectivity index (χ4n) is 7.00. The lowest BCUT2D eigenvalue weighted by Gasteiger charge is -2.12. The molecule has 0 saturated carbocycles. The predicted octanol–water partition coefficient (Wildman–Crippen LogP) is 10.5. The molecule has 0 fully saturated rings. The Bertz CT molecular complexity index is 2770. The molecule has 8 rings (SSSR count). The molecule has 0 radical (unpaired) electrons. The van der Waals surface area contributed by atoms with Gasteiger partial charge in [-0.15, -0.1) is 17.6 Å². The summed E-state index contributed by atoms with van der Waals surface area (Å²) in [6.45, 7) is 7.03. The summed E-state index contributed by atoms with van der Waals surface area (Å²) in [7, 11) is 0. The fourth-order valence-corrected chi connectivity index (χ4v) is 7.00. The second kappa shape index (κ2) is 19.7. The summed E-state index contributed by atoms with van der Waals surface area (Å²) in [5, 5.41) is 2.91. The third kappa shape index (κ3) is 10.7. The SMILES string of the molecule is C=CC(=O)OCCCCOc1ccc(OC(=O)c2ccc3cc(-c4ccc5cc(C(=O)Oc6ccc(OCCCCOC(=O)C=C)c7c6OC(F)(F)O7)ccc5c4)ccc3c2)c2c1OC(F)(F)O2. The molecule has 0 saturated heterocycles. The molecule has 0 bridgehead atoms. The standard InChI is InChI=1S/C50H38F4O14/c1-3-41(55)61-23-7-5-21-59-37-17-19-39(45-43(37)65-49(51,52)67-45)63-47(57)35-15-13-31-25-29(9-11-33(31)27-35)30-10-12-34-28-36(16-14-32(34)26-30)48(58)64-40-20-18-38(44-46(40)68-50(53,54)66-44)60-22-6-8-24-62-42(56)4-2/h3-4,9-20,25-28H,1-2,5-8,21-24H2. The molecule has 350 valence electrons. The molecule has 0 amide bonds. The average molecular weight is 939 g/mol. The van der Waals surface area contributed by atoms with Crippen LogP contribution in [0.4, 0.5) is 17.6 Å². The van der Waals surface area contributed by atoms with Gasteiger partial charge in [-0.05, 0) is 119 Å². The predicted molar refractivity (Wildman–Crippen MR) is 234 cm³/mol. The van der Waals surface area contributed by atoms with Crippen LogP contribution in [0.1, 0.15) is 46.4 Å². The minimum absolute atomic E-state index is 0.0617. The zero-order chi connectivity index (χ0) is 48.0. The number of fused-ring (bicyclic) bond motifs is 4. The van der Waals surface area contributed by atoms with E-state index in [1.165, 1.54) is 36.4 Å². The highest BCUT2D eigenvalue weighted by Gasteiger charge is 2.48. The number of alkyl halides is 4. The first-order chi connectivity index (χ1) is 32.7. The van der Waals surface area contributed by atoms with Crippen molar-refractivity contribution in [1.29, 1.82) is 0 Å². The van der Waals surface area contributed by atoms with Gasteiger partial charge in [0.25, 0.3) is 0 Å². The number of unbranched alkanes of at least 4 members (excludes halogenated alkanes) is 2. The van der Waals surface area contributed by atoms with Crippen molar-refractivity contribution < 1.29 is 84.1 Å². The third-order valence-electron chi connectivity index (χ3n) is 10.3. The summed E-state index contributed by atoms with van der Waals surface area (Å²) >= 11 is 0. The normalized spacial score (nSPS) is 13.6. The Morgan fingerprint density at radius 2 is 0.794 bits per heavy atom. The van der Waals surface area contributed by atoms with Crippen molar-refractivity contribution in [3.8, 4) is 57.1 Å². The van der Waals surface area contributed by atoms with Crippen molar-refractivity contribution in [3.63, 3.8) is 0 Å². The van der Waals surface area contributed by atoms with Gasteiger partial charge in [0.2, 0.25) is 23.0 Å². The summed E-state index contributed by atoms with van der Waals surface area (Å²) in [5.41, 5.74) is 1.93. The zero-order valence-corrected chi connectivity index (χ0v) is 35.7.